The van der Waals surface area contributed by atoms with Gasteiger partial charge in [-0.05, 0) is 86.6 Å². The molecule has 0 bridgehead atoms. The van der Waals surface area contributed by atoms with E-state index < -0.39 is 6.43 Å². The van der Waals surface area contributed by atoms with Crippen LogP contribution in [0, 0.1) is 19.3 Å². The van der Waals surface area contributed by atoms with Crippen molar-refractivity contribution >= 4 is 63.2 Å². The van der Waals surface area contributed by atoms with Gasteiger partial charge in [0.25, 0.3) is 12.3 Å². The number of thiazole rings is 1. The number of halogens is 2. The summed E-state index contributed by atoms with van der Waals surface area (Å²) in [7, 11) is 1.68. The van der Waals surface area contributed by atoms with Gasteiger partial charge in [-0.1, -0.05) is 0 Å². The highest BCUT2D eigenvalue weighted by molar-refractivity contribution is 7.15. The topological polar surface area (TPSA) is 173 Å². The average molecular weight is 886 g/mol. The van der Waals surface area contributed by atoms with E-state index in [-0.39, 0.29) is 35.9 Å². The summed E-state index contributed by atoms with van der Waals surface area (Å²) in [4.78, 5) is 49.4. The molecule has 15 nitrogen and oxygen atoms in total. The van der Waals surface area contributed by atoms with Crippen LogP contribution in [0.25, 0.3) is 5.57 Å². The quantitative estimate of drug-likeness (QED) is 0.0605. The van der Waals surface area contributed by atoms with Gasteiger partial charge < -0.3 is 35.9 Å². The summed E-state index contributed by atoms with van der Waals surface area (Å²) in [6, 6.07) is 9.01. The van der Waals surface area contributed by atoms with Crippen LogP contribution in [0.5, 0.6) is 0 Å². The predicted octanol–water partition coefficient (Wildman–Crippen LogP) is 6.23. The van der Waals surface area contributed by atoms with E-state index in [2.05, 4.69) is 35.8 Å². The molecule has 2 aromatic heterocycles. The molecule has 0 spiro atoms. The number of aromatic nitrogens is 3. The molecule has 18 heteroatoms. The molecule has 0 unspecified atom stereocenters. The number of alkyl halides is 2. The molecule has 3 aliphatic heterocycles. The molecule has 2 aromatic carbocycles. The Kier molecular flexibility index (Phi) is 14.8. The zero-order chi connectivity index (χ0) is 44.6. The highest BCUT2D eigenvalue weighted by Gasteiger charge is 2.35. The molecule has 0 atom stereocenters. The van der Waals surface area contributed by atoms with Crippen molar-refractivity contribution in [2.75, 3.05) is 81.6 Å². The van der Waals surface area contributed by atoms with Crippen molar-refractivity contribution in [1.29, 1.82) is 5.41 Å². The van der Waals surface area contributed by atoms with Gasteiger partial charge in [-0.2, -0.15) is 5.10 Å². The van der Waals surface area contributed by atoms with Gasteiger partial charge >= 0.3 is 0 Å². The minimum Gasteiger partial charge on any atom is -0.393 e. The number of nitrogens with zero attached hydrogens (tertiary/aromatic N) is 6. The number of ether oxygens (including phenoxy) is 1. The lowest BCUT2D eigenvalue weighted by atomic mass is 9.92. The Morgan fingerprint density at radius 1 is 1.03 bits per heavy atom. The van der Waals surface area contributed by atoms with Crippen LogP contribution < -0.4 is 26.2 Å². The van der Waals surface area contributed by atoms with Crippen molar-refractivity contribution in [3.8, 4) is 0 Å². The summed E-state index contributed by atoms with van der Waals surface area (Å²) in [6.07, 6.45) is 5.36. The molecular weight excluding hydrogens is 829 g/mol. The van der Waals surface area contributed by atoms with Gasteiger partial charge in [0.15, 0.2) is 10.9 Å². The molecule has 0 radical (unpaired) electrons. The summed E-state index contributed by atoms with van der Waals surface area (Å²) >= 11 is 1.43. The van der Waals surface area contributed by atoms with Crippen LogP contribution in [0.4, 0.5) is 31.1 Å². The number of hydrogen-bond acceptors (Lipinski definition) is 12. The van der Waals surface area contributed by atoms with Crippen LogP contribution in [0.3, 0.4) is 0 Å². The number of benzene rings is 2. The number of anilines is 4. The first-order valence-corrected chi connectivity index (χ1v) is 22.4. The monoisotopic (exact) mass is 885 g/mol. The van der Waals surface area contributed by atoms with Gasteiger partial charge in [0, 0.05) is 122 Å². The third-order valence-corrected chi connectivity index (χ3v) is 12.7. The van der Waals surface area contributed by atoms with E-state index in [0.29, 0.717) is 105 Å². The maximum absolute atomic E-state index is 14.6. The molecule has 63 heavy (non-hydrogen) atoms. The molecule has 7 rings (SSSR count). The fourth-order valence-corrected chi connectivity index (χ4v) is 9.35. The maximum atomic E-state index is 14.6. The number of amides is 3. The third kappa shape index (κ3) is 10.7. The van der Waals surface area contributed by atoms with Crippen LogP contribution in [-0.2, 0) is 33.7 Å². The van der Waals surface area contributed by atoms with Gasteiger partial charge in [0.2, 0.25) is 11.8 Å². The number of fused-ring (bicyclic) bond motifs is 2. The van der Waals surface area contributed by atoms with E-state index in [1.54, 1.807) is 44.6 Å². The second kappa shape index (κ2) is 20.6. The van der Waals surface area contributed by atoms with Crippen LogP contribution >= 0.6 is 11.3 Å². The minimum atomic E-state index is -2.74. The van der Waals surface area contributed by atoms with Crippen molar-refractivity contribution in [2.24, 2.45) is 0 Å². The first-order valence-electron chi connectivity index (χ1n) is 21.6. The lowest BCUT2D eigenvalue weighted by Crippen LogP contribution is -2.43. The lowest BCUT2D eigenvalue weighted by Gasteiger charge is -2.33. The number of hydrogen-bond donors (Lipinski definition) is 5. The molecule has 5 N–H and O–H groups in total. The number of piperidine rings is 1. The van der Waals surface area contributed by atoms with Gasteiger partial charge in [-0.3, -0.25) is 29.3 Å². The zero-order valence-corrected chi connectivity index (χ0v) is 37.2. The summed E-state index contributed by atoms with van der Waals surface area (Å²) in [6.45, 7) is 10.5. The van der Waals surface area contributed by atoms with Crippen molar-refractivity contribution in [2.45, 2.75) is 71.9 Å². The zero-order valence-electron chi connectivity index (χ0n) is 36.4. The number of likely N-dealkylation sites (tertiary alicyclic amines) is 1. The van der Waals surface area contributed by atoms with Crippen molar-refractivity contribution in [1.82, 2.24) is 35.2 Å². The average Bonchev–Trinajstić information content (AvgIpc) is 3.86. The van der Waals surface area contributed by atoms with Crippen molar-refractivity contribution in [3.05, 3.63) is 86.7 Å². The molecule has 4 aromatic rings. The standard InChI is InChI=1S/C45H57F2N11O4S/c1-28-20-33(7-8-35(28)44(61)53-45-52-24-29(2)63-45)50-12-18-62-19-13-51-41(60)27-55-15-9-34(10-16-55)58-39-11-17-56(30(3)59)26-38(39)43(54-58)57-14-5-6-31-21-36(32(23-48)25-49-4)37(42(46)47)22-40(31)57/h7-8,20-25,34,42,48-50H,5-6,9-19,26-27H2,1-4H3,(H,51,60)(H,52,53,61)/b32-25+,48-23?. The molecule has 1 fully saturated rings. The SMILES string of the molecule is CN/C=C(\C=N)c1cc2c(cc1C(F)F)N(c1nn(C3CCN(CC(=O)NCCOCCNc4ccc(C(=O)Nc5ncc(C)s5)c(C)c4)CC3)c3c1CN(C(C)=O)CC3)CCC2. The van der Waals surface area contributed by atoms with Crippen molar-refractivity contribution < 1.29 is 27.9 Å². The highest BCUT2D eigenvalue weighted by atomic mass is 32.1. The fraction of sp³-hybridized carbons (Fsp3) is 0.467. The van der Waals surface area contributed by atoms with Crippen LogP contribution in [-0.4, -0.2) is 115 Å². The smallest absolute Gasteiger partial charge is 0.264 e. The summed E-state index contributed by atoms with van der Waals surface area (Å²) < 4.78 is 37.1. The number of carbonyl (C=O) groups excluding carboxylic acids is 3. The first-order chi connectivity index (χ1) is 30.4. The Morgan fingerprint density at radius 2 is 1.83 bits per heavy atom. The van der Waals surface area contributed by atoms with E-state index in [1.165, 1.54) is 11.3 Å². The maximum Gasteiger partial charge on any atom is 0.264 e. The van der Waals surface area contributed by atoms with Crippen LogP contribution in [0.2, 0.25) is 0 Å². The molecular formula is C45H57F2N11O4S. The number of rotatable bonds is 17. The van der Waals surface area contributed by atoms with E-state index in [9.17, 15) is 23.2 Å². The number of carbonyl (C=O) groups is 3. The highest BCUT2D eigenvalue weighted by Crippen LogP contribution is 2.43. The van der Waals surface area contributed by atoms with Crippen LogP contribution in [0.15, 0.2) is 42.7 Å². The van der Waals surface area contributed by atoms with Gasteiger partial charge in [0.1, 0.15) is 0 Å². The Hall–Kier alpha value is -5.72. The molecule has 0 saturated carbocycles. The molecule has 5 heterocycles. The molecule has 1 saturated heterocycles. The van der Waals surface area contributed by atoms with E-state index in [4.69, 9.17) is 15.2 Å². The van der Waals surface area contributed by atoms with Crippen LogP contribution in [0.1, 0.15) is 87.4 Å². The Labute approximate surface area is 370 Å². The van der Waals surface area contributed by atoms with Gasteiger partial charge in [-0.25, -0.2) is 13.8 Å². The normalized spacial score (nSPS) is 15.8. The predicted molar refractivity (Wildman–Crippen MR) is 243 cm³/mol. The number of allylic oxidation sites excluding steroid dienone is 1. The van der Waals surface area contributed by atoms with Gasteiger partial charge in [-0.15, -0.1) is 11.3 Å². The molecule has 0 aliphatic carbocycles. The second-order valence-electron chi connectivity index (χ2n) is 16.2. The van der Waals surface area contributed by atoms with E-state index in [0.717, 1.165) is 58.4 Å². The summed E-state index contributed by atoms with van der Waals surface area (Å²) in [5, 5.41) is 25.7. The summed E-state index contributed by atoms with van der Waals surface area (Å²) in [5.41, 5.74) is 6.53. The molecule has 3 aliphatic rings. The van der Waals surface area contributed by atoms with E-state index >= 15 is 0 Å². The molecule has 3 amide bonds. The Balaban J connectivity index is 0.903. The first kappa shape index (κ1) is 45.3. The van der Waals surface area contributed by atoms with E-state index in [1.807, 2.05) is 35.8 Å². The Bertz CT molecular complexity index is 2340. The fourth-order valence-electron chi connectivity index (χ4n) is 8.69. The van der Waals surface area contributed by atoms with Crippen molar-refractivity contribution in [3.63, 3.8) is 0 Å². The largest absolute Gasteiger partial charge is 0.393 e. The lowest BCUT2D eigenvalue weighted by molar-refractivity contribution is -0.129. The molecule has 336 valence electrons. The minimum absolute atomic E-state index is 0.0197. The van der Waals surface area contributed by atoms with Gasteiger partial charge in [0.05, 0.1) is 32.3 Å². The summed E-state index contributed by atoms with van der Waals surface area (Å²) in [5.74, 6) is 0.428. The third-order valence-electron chi connectivity index (χ3n) is 11.9. The second-order valence-corrected chi connectivity index (χ2v) is 17.4. The Morgan fingerprint density at radius 3 is 2.52 bits per heavy atom. The number of nitrogens with one attached hydrogen (secondary N) is 5. The number of aryl methyl sites for hydroxylation is 3.